The second-order valence-corrected chi connectivity index (χ2v) is 8.24. The molecule has 0 radical (unpaired) electrons. The lowest BCUT2D eigenvalue weighted by molar-refractivity contribution is 0.601. The van der Waals surface area contributed by atoms with Crippen LogP contribution < -0.4 is 4.72 Å². The van der Waals surface area contributed by atoms with E-state index >= 15 is 0 Å². The fraction of sp³-hybridized carbons (Fsp3) is 0.0952. The lowest BCUT2D eigenvalue weighted by atomic mass is 10.1. The Labute approximate surface area is 158 Å². The normalized spacial score (nSPS) is 11.6. The van der Waals surface area contributed by atoms with Gasteiger partial charge in [0.1, 0.15) is 5.82 Å². The Morgan fingerprint density at radius 3 is 2.48 bits per heavy atom. The average molecular weight is 377 g/mol. The van der Waals surface area contributed by atoms with Crippen molar-refractivity contribution in [2.24, 2.45) is 0 Å². The molecule has 0 bridgehead atoms. The molecule has 3 aromatic carbocycles. The topological polar surface area (TPSA) is 74.8 Å². The fourth-order valence-corrected chi connectivity index (χ4v) is 4.09. The van der Waals surface area contributed by atoms with E-state index in [4.69, 9.17) is 0 Å². The predicted octanol–water partition coefficient (Wildman–Crippen LogP) is 4.65. The van der Waals surface area contributed by atoms with Crippen LogP contribution in [0.4, 0.5) is 5.69 Å². The van der Waals surface area contributed by atoms with Crippen molar-refractivity contribution < 1.29 is 8.42 Å². The van der Waals surface area contributed by atoms with Crippen LogP contribution in [-0.4, -0.2) is 18.4 Å². The Hall–Kier alpha value is -3.12. The number of fused-ring (bicyclic) bond motifs is 1. The number of nitrogens with one attached hydrogen (secondary N) is 2. The van der Waals surface area contributed by atoms with Crippen molar-refractivity contribution in [1.29, 1.82) is 0 Å². The van der Waals surface area contributed by atoms with Crippen LogP contribution in [0.5, 0.6) is 0 Å². The molecule has 4 rings (SSSR count). The molecular weight excluding hydrogens is 358 g/mol. The van der Waals surface area contributed by atoms with Crippen molar-refractivity contribution in [1.82, 2.24) is 9.97 Å². The minimum Gasteiger partial charge on any atom is -0.338 e. The maximum Gasteiger partial charge on any atom is 0.261 e. The third kappa shape index (κ3) is 3.44. The van der Waals surface area contributed by atoms with Gasteiger partial charge >= 0.3 is 0 Å². The fourth-order valence-electron chi connectivity index (χ4n) is 2.94. The molecule has 0 fully saturated rings. The van der Waals surface area contributed by atoms with Crippen LogP contribution in [0.1, 0.15) is 11.1 Å². The minimum atomic E-state index is -3.70. The van der Waals surface area contributed by atoms with Crippen molar-refractivity contribution in [3.8, 4) is 11.4 Å². The summed E-state index contributed by atoms with van der Waals surface area (Å²) in [5, 5.41) is 0. The number of H-pyrrole nitrogens is 1. The minimum absolute atomic E-state index is 0.194. The largest absolute Gasteiger partial charge is 0.338 e. The van der Waals surface area contributed by atoms with E-state index in [1.807, 2.05) is 62.4 Å². The molecule has 2 N–H and O–H groups in total. The number of aryl methyl sites for hydroxylation is 2. The van der Waals surface area contributed by atoms with Gasteiger partial charge in [-0.05, 0) is 49.2 Å². The molecule has 27 heavy (non-hydrogen) atoms. The number of benzene rings is 3. The van der Waals surface area contributed by atoms with E-state index in [-0.39, 0.29) is 4.90 Å². The summed E-state index contributed by atoms with van der Waals surface area (Å²) < 4.78 is 28.4. The zero-order chi connectivity index (χ0) is 19.0. The van der Waals surface area contributed by atoms with Gasteiger partial charge in [0, 0.05) is 5.56 Å². The van der Waals surface area contributed by atoms with Gasteiger partial charge in [-0.25, -0.2) is 13.4 Å². The van der Waals surface area contributed by atoms with E-state index in [9.17, 15) is 8.42 Å². The van der Waals surface area contributed by atoms with Crippen LogP contribution in [0, 0.1) is 13.8 Å². The van der Waals surface area contributed by atoms with Crippen LogP contribution in [0.3, 0.4) is 0 Å². The monoisotopic (exact) mass is 377 g/mol. The van der Waals surface area contributed by atoms with Crippen molar-refractivity contribution >= 4 is 26.7 Å². The Bertz CT molecular complexity index is 1230. The van der Waals surface area contributed by atoms with Crippen LogP contribution in [0.2, 0.25) is 0 Å². The molecule has 1 aromatic heterocycles. The first-order valence-corrected chi connectivity index (χ1v) is 10.1. The van der Waals surface area contributed by atoms with Crippen LogP contribution in [-0.2, 0) is 10.0 Å². The summed E-state index contributed by atoms with van der Waals surface area (Å²) in [5.74, 6) is 0.711. The molecule has 0 saturated carbocycles. The van der Waals surface area contributed by atoms with Crippen LogP contribution in [0.25, 0.3) is 22.4 Å². The Morgan fingerprint density at radius 1 is 0.926 bits per heavy atom. The first kappa shape index (κ1) is 17.3. The number of sulfonamides is 1. The lowest BCUT2D eigenvalue weighted by Crippen LogP contribution is -2.13. The number of rotatable bonds is 4. The second-order valence-electron chi connectivity index (χ2n) is 6.55. The number of aromatic amines is 1. The molecule has 1 heterocycles. The summed E-state index contributed by atoms with van der Waals surface area (Å²) in [7, 11) is -3.70. The Balaban J connectivity index is 1.71. The number of aromatic nitrogens is 2. The Kier molecular flexibility index (Phi) is 4.20. The molecule has 0 aliphatic heterocycles. The maximum atomic E-state index is 12.8. The SMILES string of the molecule is Cc1ccc(C)c(NS(=O)(=O)c2ccc3nc(-c4ccccc4)[nH]c3c2)c1. The maximum absolute atomic E-state index is 12.8. The van der Waals surface area contributed by atoms with Gasteiger partial charge in [0.2, 0.25) is 0 Å². The molecule has 4 aromatic rings. The number of hydrogen-bond donors (Lipinski definition) is 2. The lowest BCUT2D eigenvalue weighted by Gasteiger charge is -2.11. The number of anilines is 1. The van der Waals surface area contributed by atoms with Gasteiger partial charge in [-0.3, -0.25) is 4.72 Å². The molecule has 0 aliphatic rings. The summed E-state index contributed by atoms with van der Waals surface area (Å²) >= 11 is 0. The third-order valence-electron chi connectivity index (χ3n) is 4.45. The van der Waals surface area contributed by atoms with Crippen LogP contribution >= 0.6 is 0 Å². The van der Waals surface area contributed by atoms with Gasteiger partial charge in [0.05, 0.1) is 21.6 Å². The molecule has 0 aliphatic carbocycles. The highest BCUT2D eigenvalue weighted by Crippen LogP contribution is 2.25. The van der Waals surface area contributed by atoms with Gasteiger partial charge < -0.3 is 4.98 Å². The number of hydrogen-bond acceptors (Lipinski definition) is 3. The van der Waals surface area contributed by atoms with Crippen molar-refractivity contribution in [2.45, 2.75) is 18.7 Å². The molecular formula is C21H19N3O2S. The van der Waals surface area contributed by atoms with E-state index in [1.54, 1.807) is 18.2 Å². The quantitative estimate of drug-likeness (QED) is 0.544. The molecule has 5 nitrogen and oxygen atoms in total. The zero-order valence-corrected chi connectivity index (χ0v) is 15.8. The van der Waals surface area contributed by atoms with E-state index in [0.717, 1.165) is 22.2 Å². The van der Waals surface area contributed by atoms with E-state index in [2.05, 4.69) is 14.7 Å². The summed E-state index contributed by atoms with van der Waals surface area (Å²) in [6.45, 7) is 3.81. The molecule has 0 spiro atoms. The predicted molar refractivity (Wildman–Crippen MR) is 108 cm³/mol. The highest BCUT2D eigenvalue weighted by molar-refractivity contribution is 7.92. The molecule has 0 atom stereocenters. The Morgan fingerprint density at radius 2 is 1.70 bits per heavy atom. The smallest absolute Gasteiger partial charge is 0.261 e. The van der Waals surface area contributed by atoms with Crippen molar-refractivity contribution in [2.75, 3.05) is 4.72 Å². The summed E-state index contributed by atoms with van der Waals surface area (Å²) in [6.07, 6.45) is 0. The number of nitrogens with zero attached hydrogens (tertiary/aromatic N) is 1. The van der Waals surface area contributed by atoms with E-state index in [0.29, 0.717) is 17.0 Å². The average Bonchev–Trinajstić information content (AvgIpc) is 3.08. The molecule has 0 saturated heterocycles. The van der Waals surface area contributed by atoms with Crippen molar-refractivity contribution in [3.05, 3.63) is 77.9 Å². The first-order valence-electron chi connectivity index (χ1n) is 8.58. The molecule has 0 unspecified atom stereocenters. The number of imidazole rings is 1. The van der Waals surface area contributed by atoms with Crippen LogP contribution in [0.15, 0.2) is 71.6 Å². The van der Waals surface area contributed by atoms with Gasteiger partial charge in [0.25, 0.3) is 10.0 Å². The third-order valence-corrected chi connectivity index (χ3v) is 5.81. The summed E-state index contributed by atoms with van der Waals surface area (Å²) in [4.78, 5) is 7.94. The summed E-state index contributed by atoms with van der Waals surface area (Å²) in [5.41, 5.74) is 4.81. The highest BCUT2D eigenvalue weighted by Gasteiger charge is 2.17. The van der Waals surface area contributed by atoms with Gasteiger partial charge in [-0.15, -0.1) is 0 Å². The zero-order valence-electron chi connectivity index (χ0n) is 15.0. The summed E-state index contributed by atoms with van der Waals surface area (Å²) in [6, 6.07) is 20.3. The molecule has 136 valence electrons. The van der Waals surface area contributed by atoms with Gasteiger partial charge in [-0.1, -0.05) is 42.5 Å². The first-order chi connectivity index (χ1) is 12.9. The van der Waals surface area contributed by atoms with Crippen molar-refractivity contribution in [3.63, 3.8) is 0 Å². The second kappa shape index (κ2) is 6.55. The van der Waals surface area contributed by atoms with E-state index in [1.165, 1.54) is 0 Å². The highest BCUT2D eigenvalue weighted by atomic mass is 32.2. The van der Waals surface area contributed by atoms with Gasteiger partial charge in [-0.2, -0.15) is 0 Å². The molecule has 0 amide bonds. The van der Waals surface area contributed by atoms with E-state index < -0.39 is 10.0 Å². The standard InChI is InChI=1S/C21H19N3O2S/c1-14-8-9-15(2)19(12-14)24-27(25,26)17-10-11-18-20(13-17)23-21(22-18)16-6-4-3-5-7-16/h3-13,24H,1-2H3,(H,22,23). The molecule has 6 heteroatoms. The van der Waals surface area contributed by atoms with Gasteiger partial charge in [0.15, 0.2) is 0 Å².